The molecule has 0 aliphatic carbocycles. The lowest BCUT2D eigenvalue weighted by Crippen LogP contribution is -2.17. The van der Waals surface area contributed by atoms with E-state index in [9.17, 15) is 5.11 Å². The van der Waals surface area contributed by atoms with E-state index in [0.717, 1.165) is 32.8 Å². The van der Waals surface area contributed by atoms with Crippen molar-refractivity contribution in [1.29, 1.82) is 0 Å². The molecule has 0 bridgehead atoms. The first-order valence-corrected chi connectivity index (χ1v) is 6.84. The highest BCUT2D eigenvalue weighted by atomic mass is 79.9. The number of ether oxygens (including phenoxy) is 1. The minimum absolute atomic E-state index is 0.410. The van der Waals surface area contributed by atoms with Gasteiger partial charge in [0.05, 0.1) is 0 Å². The Balaban J connectivity index is 2.44. The second-order valence-corrected chi connectivity index (χ2v) is 4.70. The van der Waals surface area contributed by atoms with Crippen molar-refractivity contribution in [3.63, 3.8) is 0 Å². The van der Waals surface area contributed by atoms with Crippen molar-refractivity contribution in [1.82, 2.24) is 0 Å². The van der Waals surface area contributed by atoms with Crippen LogP contribution in [0.4, 0.5) is 0 Å². The van der Waals surface area contributed by atoms with Crippen molar-refractivity contribution >= 4 is 37.6 Å². The molecule has 2 nitrogen and oxygen atoms in total. The molecular formula is C10H8BrClO2S. The number of aliphatic hydroxyl groups is 1. The van der Waals surface area contributed by atoms with Gasteiger partial charge in [-0.15, -0.1) is 0 Å². The lowest BCUT2D eigenvalue weighted by molar-refractivity contribution is 0.170. The molecular weight excluding hydrogens is 300 g/mol. The third-order valence-corrected chi connectivity index (χ3v) is 3.81. The van der Waals surface area contributed by atoms with Gasteiger partial charge >= 0.3 is 0 Å². The van der Waals surface area contributed by atoms with Gasteiger partial charge < -0.3 is 9.84 Å². The van der Waals surface area contributed by atoms with Gasteiger partial charge in [-0.05, 0) is 44.8 Å². The lowest BCUT2D eigenvalue weighted by Gasteiger charge is -2.24. The fraction of sp³-hybridized carbons (Fsp3) is 0.200. The molecule has 80 valence electrons. The molecule has 0 fully saturated rings. The molecule has 0 radical (unpaired) electrons. The standard InChI is InChI=1S/C10H8BrClO2S/c11-4-6-5-14-9-2-1-7(15-12)3-8(9)10(6)13/h1-4,10,13H,5H2/b6-4+. The molecule has 0 spiro atoms. The number of aliphatic hydroxyl groups excluding tert-OH is 1. The summed E-state index contributed by atoms with van der Waals surface area (Å²) in [5, 5.41) is 10.0. The highest BCUT2D eigenvalue weighted by molar-refractivity contribution is 9.11. The maximum atomic E-state index is 10.0. The molecule has 1 aliphatic heterocycles. The van der Waals surface area contributed by atoms with Crippen LogP contribution in [-0.4, -0.2) is 11.7 Å². The summed E-state index contributed by atoms with van der Waals surface area (Å²) in [6.45, 7) is 0.410. The zero-order chi connectivity index (χ0) is 10.8. The number of hydrogen-bond acceptors (Lipinski definition) is 3. The second kappa shape index (κ2) is 4.78. The van der Waals surface area contributed by atoms with Gasteiger partial charge in [-0.3, -0.25) is 0 Å². The zero-order valence-electron chi connectivity index (χ0n) is 7.61. The van der Waals surface area contributed by atoms with Crippen molar-refractivity contribution in [2.24, 2.45) is 0 Å². The van der Waals surface area contributed by atoms with Crippen molar-refractivity contribution in [2.75, 3.05) is 6.61 Å². The number of rotatable bonds is 1. The summed E-state index contributed by atoms with van der Waals surface area (Å²) in [6, 6.07) is 5.54. The highest BCUT2D eigenvalue weighted by Crippen LogP contribution is 2.38. The predicted octanol–water partition coefficient (Wildman–Crippen LogP) is 3.64. The average molecular weight is 308 g/mol. The fourth-order valence-corrected chi connectivity index (χ4v) is 2.41. The quantitative estimate of drug-likeness (QED) is 0.859. The Kier molecular flexibility index (Phi) is 3.61. The van der Waals surface area contributed by atoms with E-state index in [0.29, 0.717) is 6.61 Å². The van der Waals surface area contributed by atoms with Crippen LogP contribution in [0.15, 0.2) is 33.7 Å². The first kappa shape index (κ1) is 11.3. The Bertz CT molecular complexity index is 408. The van der Waals surface area contributed by atoms with E-state index in [4.69, 9.17) is 15.4 Å². The molecule has 1 aromatic carbocycles. The molecule has 1 aromatic rings. The van der Waals surface area contributed by atoms with Crippen LogP contribution in [0.1, 0.15) is 11.7 Å². The molecule has 0 saturated heterocycles. The van der Waals surface area contributed by atoms with Crippen molar-refractivity contribution in [2.45, 2.75) is 11.0 Å². The third-order valence-electron chi connectivity index (χ3n) is 2.25. The summed E-state index contributed by atoms with van der Waals surface area (Å²) in [6.07, 6.45) is -0.614. The monoisotopic (exact) mass is 306 g/mol. The van der Waals surface area contributed by atoms with Crippen molar-refractivity contribution < 1.29 is 9.84 Å². The number of hydrogen-bond donors (Lipinski definition) is 1. The molecule has 2 rings (SSSR count). The maximum absolute atomic E-state index is 10.0. The van der Waals surface area contributed by atoms with E-state index < -0.39 is 6.10 Å². The van der Waals surface area contributed by atoms with Crippen LogP contribution in [-0.2, 0) is 0 Å². The van der Waals surface area contributed by atoms with Gasteiger partial charge in [-0.1, -0.05) is 15.9 Å². The second-order valence-electron chi connectivity index (χ2n) is 3.15. The van der Waals surface area contributed by atoms with Crippen LogP contribution in [0.2, 0.25) is 0 Å². The molecule has 1 aliphatic rings. The Morgan fingerprint density at radius 2 is 2.40 bits per heavy atom. The van der Waals surface area contributed by atoms with E-state index in [1.807, 2.05) is 18.2 Å². The summed E-state index contributed by atoms with van der Waals surface area (Å²) in [5.41, 5.74) is 1.57. The number of fused-ring (bicyclic) bond motifs is 1. The minimum Gasteiger partial charge on any atom is -0.489 e. The molecule has 0 aromatic heterocycles. The molecule has 5 heteroatoms. The van der Waals surface area contributed by atoms with E-state index >= 15 is 0 Å². The third kappa shape index (κ3) is 2.18. The molecule has 1 atom stereocenters. The van der Waals surface area contributed by atoms with Crippen LogP contribution in [0.25, 0.3) is 0 Å². The first-order valence-electron chi connectivity index (χ1n) is 4.29. The topological polar surface area (TPSA) is 29.5 Å². The first-order chi connectivity index (χ1) is 7.26. The van der Waals surface area contributed by atoms with E-state index in [2.05, 4.69) is 15.9 Å². The highest BCUT2D eigenvalue weighted by Gasteiger charge is 2.23. The summed E-state index contributed by atoms with van der Waals surface area (Å²) < 4.78 is 5.49. The van der Waals surface area contributed by atoms with E-state index in [-0.39, 0.29) is 0 Å². The van der Waals surface area contributed by atoms with Gasteiger partial charge in [0.15, 0.2) is 0 Å². The van der Waals surface area contributed by atoms with Crippen LogP contribution >= 0.6 is 37.6 Å². The lowest BCUT2D eigenvalue weighted by atomic mass is 10.00. The normalized spacial score (nSPS) is 22.3. The Labute approximate surface area is 105 Å². The van der Waals surface area contributed by atoms with Crippen LogP contribution in [0, 0.1) is 0 Å². The number of halogens is 2. The Hall–Kier alpha value is -0.160. The summed E-state index contributed by atoms with van der Waals surface area (Å²) in [5.74, 6) is 0.718. The van der Waals surface area contributed by atoms with Crippen molar-refractivity contribution in [3.8, 4) is 5.75 Å². The molecule has 1 N–H and O–H groups in total. The molecule has 0 amide bonds. The van der Waals surface area contributed by atoms with Crippen molar-refractivity contribution in [3.05, 3.63) is 34.3 Å². The molecule has 15 heavy (non-hydrogen) atoms. The van der Waals surface area contributed by atoms with Gasteiger partial charge in [0.25, 0.3) is 0 Å². The molecule has 1 heterocycles. The minimum atomic E-state index is -0.614. The van der Waals surface area contributed by atoms with Gasteiger partial charge in [0.1, 0.15) is 18.5 Å². The summed E-state index contributed by atoms with van der Waals surface area (Å²) in [7, 11) is 6.78. The van der Waals surface area contributed by atoms with Gasteiger partial charge in [-0.25, -0.2) is 0 Å². The fourth-order valence-electron chi connectivity index (χ4n) is 1.45. The van der Waals surface area contributed by atoms with Crippen LogP contribution in [0.5, 0.6) is 5.75 Å². The van der Waals surface area contributed by atoms with E-state index in [1.165, 1.54) is 0 Å². The smallest absolute Gasteiger partial charge is 0.126 e. The average Bonchev–Trinajstić information content (AvgIpc) is 2.29. The zero-order valence-corrected chi connectivity index (χ0v) is 10.8. The SMILES string of the molecule is OC1/C(=C/Br)COc2ccc(SCl)cc21. The Morgan fingerprint density at radius 1 is 1.60 bits per heavy atom. The van der Waals surface area contributed by atoms with Crippen LogP contribution in [0.3, 0.4) is 0 Å². The van der Waals surface area contributed by atoms with E-state index in [1.54, 1.807) is 4.99 Å². The van der Waals surface area contributed by atoms with Gasteiger partial charge in [0.2, 0.25) is 0 Å². The summed E-state index contributed by atoms with van der Waals surface area (Å²) in [4.78, 5) is 2.59. The van der Waals surface area contributed by atoms with Crippen LogP contribution < -0.4 is 4.74 Å². The molecule has 1 unspecified atom stereocenters. The van der Waals surface area contributed by atoms with Gasteiger partial charge in [-0.2, -0.15) is 0 Å². The van der Waals surface area contributed by atoms with Gasteiger partial charge in [0, 0.05) is 16.0 Å². The predicted molar refractivity (Wildman–Crippen MR) is 65.6 cm³/mol. The Morgan fingerprint density at radius 3 is 3.07 bits per heavy atom. The summed E-state index contributed by atoms with van der Waals surface area (Å²) >= 11 is 3.21. The molecule has 0 saturated carbocycles. The number of benzene rings is 1. The largest absolute Gasteiger partial charge is 0.489 e. The maximum Gasteiger partial charge on any atom is 0.126 e.